The molecule has 0 bridgehead atoms. The van der Waals surface area contributed by atoms with Crippen LogP contribution in [0, 0.1) is 11.6 Å². The Kier molecular flexibility index (Phi) is 10.9. The van der Waals surface area contributed by atoms with Crippen molar-refractivity contribution in [2.45, 2.75) is 12.6 Å². The second kappa shape index (κ2) is 15.2. The van der Waals surface area contributed by atoms with Gasteiger partial charge in [0.05, 0.1) is 19.8 Å². The van der Waals surface area contributed by atoms with Gasteiger partial charge in [-0.25, -0.2) is 18.6 Å². The number of aliphatic hydroxyl groups is 1. The molecule has 1 aliphatic rings. The van der Waals surface area contributed by atoms with Gasteiger partial charge in [-0.3, -0.25) is 15.1 Å². The van der Waals surface area contributed by atoms with E-state index in [0.717, 1.165) is 13.1 Å². The molecule has 2 N–H and O–H groups in total. The highest BCUT2D eigenvalue weighted by Crippen LogP contribution is 2.27. The Morgan fingerprint density at radius 1 is 1.02 bits per heavy atom. The van der Waals surface area contributed by atoms with Crippen molar-refractivity contribution in [1.29, 1.82) is 0 Å². The van der Waals surface area contributed by atoms with Crippen LogP contribution in [0.25, 0.3) is 22.4 Å². The number of rotatable bonds is 12. The maximum absolute atomic E-state index is 14.4. The standard InChI is InChI=1S/C32H31ClF2N4O6/c33-23-9-10-27(35)25(17-23)22-7-5-21(6-8-22)19-39(20-29(40)32(42)44-16-13-38-11-14-43-15-12-38)36-31(41)30-18-28(37-45-30)24-3-1-2-4-26(24)34/h1-10,17-18,29,40H,11-16,19-20H2,(H,36,41). The Morgan fingerprint density at radius 2 is 1.76 bits per heavy atom. The summed E-state index contributed by atoms with van der Waals surface area (Å²) < 4.78 is 44.4. The molecule has 1 aliphatic heterocycles. The minimum Gasteiger partial charge on any atom is -0.462 e. The molecule has 1 unspecified atom stereocenters. The summed E-state index contributed by atoms with van der Waals surface area (Å²) in [5.41, 5.74) is 4.47. The molecule has 0 radical (unpaired) electrons. The number of esters is 1. The number of aromatic nitrogens is 1. The van der Waals surface area contributed by atoms with Crippen LogP contribution >= 0.6 is 11.6 Å². The van der Waals surface area contributed by atoms with Crippen molar-refractivity contribution in [2.24, 2.45) is 0 Å². The molecule has 0 spiro atoms. The van der Waals surface area contributed by atoms with Gasteiger partial charge in [-0.15, -0.1) is 0 Å². The van der Waals surface area contributed by atoms with Crippen LogP contribution in [0.1, 0.15) is 16.1 Å². The molecule has 2 heterocycles. The largest absolute Gasteiger partial charge is 0.462 e. The summed E-state index contributed by atoms with van der Waals surface area (Å²) in [6.45, 7) is 2.95. The summed E-state index contributed by atoms with van der Waals surface area (Å²) in [7, 11) is 0. The second-order valence-corrected chi connectivity index (χ2v) is 10.8. The molecule has 3 aromatic carbocycles. The lowest BCUT2D eigenvalue weighted by Crippen LogP contribution is -2.47. The Bertz CT molecular complexity index is 1610. The SMILES string of the molecule is O=C(NN(Cc1ccc(-c2cc(Cl)ccc2F)cc1)CC(O)C(=O)OCCN1CCOCC1)c1cc(-c2ccccc2F)no1. The molecular weight excluding hydrogens is 610 g/mol. The average Bonchev–Trinajstić information content (AvgIpc) is 3.54. The average molecular weight is 641 g/mol. The summed E-state index contributed by atoms with van der Waals surface area (Å²) >= 11 is 6.04. The van der Waals surface area contributed by atoms with Crippen molar-refractivity contribution in [2.75, 3.05) is 46.0 Å². The monoisotopic (exact) mass is 640 g/mol. The third-order valence-corrected chi connectivity index (χ3v) is 7.37. The van der Waals surface area contributed by atoms with Crippen LogP contribution in [0.15, 0.2) is 77.3 Å². The number of nitrogens with zero attached hydrogens (tertiary/aromatic N) is 3. The molecule has 1 atom stereocenters. The molecule has 236 valence electrons. The number of hydrazine groups is 1. The molecule has 0 saturated carbocycles. The summed E-state index contributed by atoms with van der Waals surface area (Å²) in [5.74, 6) is -2.77. The Labute approximate surface area is 263 Å². The predicted octanol–water partition coefficient (Wildman–Crippen LogP) is 4.32. The first kappa shape index (κ1) is 32.2. The summed E-state index contributed by atoms with van der Waals surface area (Å²) in [5, 5.41) is 16.2. The van der Waals surface area contributed by atoms with Crippen molar-refractivity contribution >= 4 is 23.5 Å². The Balaban J connectivity index is 1.27. The van der Waals surface area contributed by atoms with Crippen molar-refractivity contribution in [3.63, 3.8) is 0 Å². The molecule has 4 aromatic rings. The van der Waals surface area contributed by atoms with E-state index in [1.807, 2.05) is 0 Å². The number of nitrogens with one attached hydrogen (secondary N) is 1. The molecule has 0 aliphatic carbocycles. The molecule has 10 nitrogen and oxygen atoms in total. The maximum Gasteiger partial charge on any atom is 0.336 e. The molecule has 1 aromatic heterocycles. The Morgan fingerprint density at radius 3 is 2.51 bits per heavy atom. The number of benzene rings is 3. The third kappa shape index (κ3) is 8.71. The minimum atomic E-state index is -1.60. The highest BCUT2D eigenvalue weighted by Gasteiger charge is 2.25. The van der Waals surface area contributed by atoms with E-state index in [1.165, 1.54) is 47.5 Å². The number of carbonyl (C=O) groups is 2. The molecule has 1 fully saturated rings. The molecule has 1 amide bonds. The van der Waals surface area contributed by atoms with E-state index in [-0.39, 0.29) is 36.7 Å². The minimum absolute atomic E-state index is 0.0382. The molecular formula is C32H31ClF2N4O6. The van der Waals surface area contributed by atoms with Gasteiger partial charge < -0.3 is 19.1 Å². The molecule has 13 heteroatoms. The van der Waals surface area contributed by atoms with E-state index in [1.54, 1.807) is 30.3 Å². The smallest absolute Gasteiger partial charge is 0.336 e. The van der Waals surface area contributed by atoms with Gasteiger partial charge in [0.2, 0.25) is 5.76 Å². The number of carbonyl (C=O) groups excluding carboxylic acids is 2. The fraction of sp³-hybridized carbons (Fsp3) is 0.281. The quantitative estimate of drug-likeness (QED) is 0.172. The van der Waals surface area contributed by atoms with Crippen LogP contribution in [0.5, 0.6) is 0 Å². The number of amides is 1. The number of ether oxygens (including phenoxy) is 2. The van der Waals surface area contributed by atoms with Gasteiger partial charge in [-0.05, 0) is 41.5 Å². The normalized spacial score (nSPS) is 14.3. The lowest BCUT2D eigenvalue weighted by atomic mass is 10.0. The third-order valence-electron chi connectivity index (χ3n) is 7.13. The molecule has 45 heavy (non-hydrogen) atoms. The summed E-state index contributed by atoms with van der Waals surface area (Å²) in [6.07, 6.45) is -1.60. The molecule has 5 rings (SSSR count). The lowest BCUT2D eigenvalue weighted by molar-refractivity contribution is -0.155. The van der Waals surface area contributed by atoms with Crippen LogP contribution in [0.4, 0.5) is 8.78 Å². The lowest BCUT2D eigenvalue weighted by Gasteiger charge is -2.27. The number of aliphatic hydroxyl groups excluding tert-OH is 1. The van der Waals surface area contributed by atoms with Gasteiger partial charge in [-0.1, -0.05) is 53.2 Å². The fourth-order valence-electron chi connectivity index (χ4n) is 4.73. The fourth-order valence-corrected chi connectivity index (χ4v) is 4.91. The van der Waals surface area contributed by atoms with E-state index >= 15 is 0 Å². The number of hydrogen-bond donors (Lipinski definition) is 2. The van der Waals surface area contributed by atoms with Crippen molar-refractivity contribution < 1.29 is 37.5 Å². The van der Waals surface area contributed by atoms with Gasteiger partial charge in [0.25, 0.3) is 0 Å². The molecule has 1 saturated heterocycles. The van der Waals surface area contributed by atoms with Gasteiger partial charge in [0.1, 0.15) is 23.9 Å². The highest BCUT2D eigenvalue weighted by atomic mass is 35.5. The zero-order valence-corrected chi connectivity index (χ0v) is 24.9. The summed E-state index contributed by atoms with van der Waals surface area (Å²) in [4.78, 5) is 27.8. The summed E-state index contributed by atoms with van der Waals surface area (Å²) in [6, 6.07) is 18.3. The van der Waals surface area contributed by atoms with Gasteiger partial charge >= 0.3 is 11.9 Å². The van der Waals surface area contributed by atoms with Crippen molar-refractivity contribution in [3.05, 3.63) is 101 Å². The van der Waals surface area contributed by atoms with Crippen LogP contribution in [0.2, 0.25) is 5.02 Å². The van der Waals surface area contributed by atoms with Gasteiger partial charge in [-0.2, -0.15) is 0 Å². The first-order valence-electron chi connectivity index (χ1n) is 14.2. The zero-order valence-electron chi connectivity index (χ0n) is 24.1. The van der Waals surface area contributed by atoms with E-state index in [4.69, 9.17) is 25.6 Å². The van der Waals surface area contributed by atoms with E-state index in [9.17, 15) is 23.5 Å². The first-order valence-corrected chi connectivity index (χ1v) is 14.6. The van der Waals surface area contributed by atoms with Crippen LogP contribution < -0.4 is 5.43 Å². The van der Waals surface area contributed by atoms with Gasteiger partial charge in [0.15, 0.2) is 6.10 Å². The Hall–Kier alpha value is -4.20. The second-order valence-electron chi connectivity index (χ2n) is 10.3. The van der Waals surface area contributed by atoms with Crippen LogP contribution in [-0.2, 0) is 20.8 Å². The van der Waals surface area contributed by atoms with E-state index < -0.39 is 29.6 Å². The van der Waals surface area contributed by atoms with Crippen molar-refractivity contribution in [3.8, 4) is 22.4 Å². The van der Waals surface area contributed by atoms with Crippen molar-refractivity contribution in [1.82, 2.24) is 20.5 Å². The van der Waals surface area contributed by atoms with Crippen LogP contribution in [0.3, 0.4) is 0 Å². The maximum atomic E-state index is 14.4. The number of hydrogen-bond acceptors (Lipinski definition) is 9. The number of morpholine rings is 1. The predicted molar refractivity (Wildman–Crippen MR) is 161 cm³/mol. The first-order chi connectivity index (χ1) is 21.8. The number of halogens is 3. The zero-order chi connectivity index (χ0) is 31.8. The highest BCUT2D eigenvalue weighted by molar-refractivity contribution is 6.30. The van der Waals surface area contributed by atoms with Crippen LogP contribution in [-0.4, -0.2) is 84.2 Å². The van der Waals surface area contributed by atoms with Gasteiger partial charge in [0, 0.05) is 48.4 Å². The topological polar surface area (TPSA) is 117 Å². The van der Waals surface area contributed by atoms with E-state index in [0.29, 0.717) is 41.5 Å². The van der Waals surface area contributed by atoms with E-state index in [2.05, 4.69) is 15.5 Å².